The second kappa shape index (κ2) is 38.3. The van der Waals surface area contributed by atoms with E-state index < -0.39 is 79.6 Å². The predicted octanol–water partition coefficient (Wildman–Crippen LogP) is 18.8. The molecule has 0 radical (unpaired) electrons. The van der Waals surface area contributed by atoms with Crippen LogP contribution in [0.1, 0.15) is 237 Å². The van der Waals surface area contributed by atoms with E-state index in [1.165, 1.54) is 217 Å². The van der Waals surface area contributed by atoms with E-state index in [0.717, 1.165) is 0 Å². The first-order valence-electron chi connectivity index (χ1n) is 29.2. The second-order valence-corrected chi connectivity index (χ2v) is 67.4. The standard InChI is InChI=1S/C60H108Ge6/c1-13-25-37-61(38-26-14-2)49-51-62(39-27-15-3,40-28-16-4)53-55-64(43-31-19-7,44-32-20-8)57-59-66(47-35-23-11,48-36-24-12)60-58-65(45-33-21-9,46-34-22-10)56-54-63(52-50-61,41-29-17-5)42-30-18-6/h13-48H2,1-12H3. The first-order valence-corrected chi connectivity index (χ1v) is 59.6. The van der Waals surface area contributed by atoms with Crippen molar-refractivity contribution in [2.75, 3.05) is 0 Å². The Balaban J connectivity index is 5.14. The molecule has 0 nitrogen and oxygen atoms in total. The number of hydrogen-bond donors (Lipinski definition) is 0. The van der Waals surface area contributed by atoms with Gasteiger partial charge in [0.05, 0.1) is 0 Å². The fourth-order valence-electron chi connectivity index (χ4n) is 9.62. The van der Waals surface area contributed by atoms with Gasteiger partial charge >= 0.3 is 437 Å². The van der Waals surface area contributed by atoms with E-state index in [4.69, 9.17) is 0 Å². The van der Waals surface area contributed by atoms with Gasteiger partial charge in [-0.05, 0) is 0 Å². The molecule has 0 spiro atoms. The molecule has 0 saturated heterocycles. The maximum absolute atomic E-state index is 4.52. The van der Waals surface area contributed by atoms with Crippen molar-refractivity contribution in [2.24, 2.45) is 0 Å². The Morgan fingerprint density at radius 3 is 0.288 bits per heavy atom. The van der Waals surface area contributed by atoms with Gasteiger partial charge in [-0.1, -0.05) is 0 Å². The molecular formula is C60H108Ge6. The van der Waals surface area contributed by atoms with Gasteiger partial charge in [-0.3, -0.25) is 0 Å². The van der Waals surface area contributed by atoms with Gasteiger partial charge in [0.15, 0.2) is 0 Å². The third kappa shape index (κ3) is 24.8. The minimum atomic E-state index is -3.00. The van der Waals surface area contributed by atoms with Crippen LogP contribution in [0, 0.1) is 57.0 Å². The van der Waals surface area contributed by atoms with Crippen molar-refractivity contribution in [3.05, 3.63) is 0 Å². The fourth-order valence-corrected chi connectivity index (χ4v) is 81.3. The fraction of sp³-hybridized carbons (Fsp3) is 0.800. The summed E-state index contributed by atoms with van der Waals surface area (Å²) >= 11 is -18.0. The average molecular weight is 1270 g/mol. The summed E-state index contributed by atoms with van der Waals surface area (Å²) in [5.41, 5.74) is 0. The summed E-state index contributed by atoms with van der Waals surface area (Å²) < 4.78 is 54.3. The normalized spacial score (nSPS) is 17.3. The average Bonchev–Trinajstić information content (AvgIpc) is 3.34. The molecule has 66 heavy (non-hydrogen) atoms. The van der Waals surface area contributed by atoms with Crippen molar-refractivity contribution in [2.45, 2.75) is 300 Å². The zero-order chi connectivity index (χ0) is 48.9. The van der Waals surface area contributed by atoms with Crippen LogP contribution in [0.5, 0.6) is 0 Å². The van der Waals surface area contributed by atoms with E-state index in [2.05, 4.69) is 140 Å². The van der Waals surface area contributed by atoms with Gasteiger partial charge in [0, 0.05) is 0 Å². The zero-order valence-electron chi connectivity index (χ0n) is 46.5. The molecule has 0 aromatic rings. The topological polar surface area (TPSA) is 0 Å². The van der Waals surface area contributed by atoms with E-state index >= 15 is 0 Å². The maximum atomic E-state index is 4.52. The summed E-state index contributed by atoms with van der Waals surface area (Å²) in [4.78, 5) is 0. The van der Waals surface area contributed by atoms with E-state index in [1.54, 1.807) is 0 Å². The summed E-state index contributed by atoms with van der Waals surface area (Å²) in [5, 5.41) is 15.5. The van der Waals surface area contributed by atoms with E-state index in [1.807, 2.05) is 0 Å². The number of hydrogen-bond acceptors (Lipinski definition) is 0. The van der Waals surface area contributed by atoms with E-state index in [0.29, 0.717) is 0 Å². The quantitative estimate of drug-likeness (QED) is 0.0433. The van der Waals surface area contributed by atoms with Crippen LogP contribution in [-0.4, -0.2) is 79.6 Å². The van der Waals surface area contributed by atoms with Gasteiger partial charge < -0.3 is 0 Å². The summed E-state index contributed by atoms with van der Waals surface area (Å²) in [5.74, 6) is 0. The van der Waals surface area contributed by atoms with Crippen LogP contribution in [0.25, 0.3) is 0 Å². The van der Waals surface area contributed by atoms with Crippen molar-refractivity contribution in [1.82, 2.24) is 0 Å². The number of unbranched alkanes of at least 4 members (excludes halogenated alkanes) is 12. The molecule has 0 bridgehead atoms. The molecule has 372 valence electrons. The molecule has 0 aliphatic carbocycles. The summed E-state index contributed by atoms with van der Waals surface area (Å²) in [6.07, 6.45) is 30.3. The molecule has 0 aromatic heterocycles. The van der Waals surface area contributed by atoms with Crippen LogP contribution in [0.3, 0.4) is 0 Å². The second-order valence-electron chi connectivity index (χ2n) is 21.2. The first-order chi connectivity index (χ1) is 32.0. The van der Waals surface area contributed by atoms with E-state index in [-0.39, 0.29) is 0 Å². The molecule has 0 amide bonds. The van der Waals surface area contributed by atoms with Gasteiger partial charge in [-0.25, -0.2) is 0 Å². The third-order valence-electron chi connectivity index (χ3n) is 14.7. The molecule has 0 N–H and O–H groups in total. The minimum absolute atomic E-state index is 1.24. The SMILES string of the molecule is CCC[CH2][Ge]1([CH2]CCC)[C]#[C][Ge]([CH2]CCC)([CH2]CCC)[C]#[C][Ge]([CH2]CCC)([CH2]CCC)[C]#[C][Ge]([CH2]CCC)([CH2]CCC)[C]#[C][Ge]([CH2]CCC)([CH2]CCC)[C]#[C][Ge]([CH2]CCC)([CH2]CCC)[C]#[C]1. The van der Waals surface area contributed by atoms with Crippen LogP contribution in [-0.2, 0) is 0 Å². The molecule has 6 heteroatoms. The van der Waals surface area contributed by atoms with Crippen LogP contribution >= 0.6 is 0 Å². The molecule has 1 rings (SSSR count). The molecule has 0 saturated carbocycles. The molecule has 0 aromatic carbocycles. The molecular weight excluding hydrogens is 1160 g/mol. The summed E-state index contributed by atoms with van der Waals surface area (Å²) in [6.45, 7) is 28.9. The van der Waals surface area contributed by atoms with Crippen LogP contribution in [0.4, 0.5) is 0 Å². The van der Waals surface area contributed by atoms with Crippen LogP contribution in [0.2, 0.25) is 63.0 Å². The Hall–Kier alpha value is 0.617. The van der Waals surface area contributed by atoms with Crippen molar-refractivity contribution < 1.29 is 0 Å². The summed E-state index contributed by atoms with van der Waals surface area (Å²) in [7, 11) is 0. The molecule has 1 heterocycles. The van der Waals surface area contributed by atoms with Crippen molar-refractivity contribution in [3.63, 3.8) is 0 Å². The first kappa shape index (κ1) is 64.6. The van der Waals surface area contributed by atoms with Crippen molar-refractivity contribution in [1.29, 1.82) is 0 Å². The Bertz CT molecular complexity index is 1260. The zero-order valence-corrected chi connectivity index (χ0v) is 59.0. The molecule has 1 aliphatic rings. The Morgan fingerprint density at radius 2 is 0.227 bits per heavy atom. The van der Waals surface area contributed by atoms with Crippen molar-refractivity contribution >= 4 is 79.6 Å². The van der Waals surface area contributed by atoms with Gasteiger partial charge in [0.2, 0.25) is 0 Å². The Morgan fingerprint density at radius 1 is 0.152 bits per heavy atom. The third-order valence-corrected chi connectivity index (χ3v) is 66.9. The van der Waals surface area contributed by atoms with Crippen molar-refractivity contribution in [3.8, 4) is 57.0 Å². The van der Waals surface area contributed by atoms with Crippen LogP contribution in [0.15, 0.2) is 0 Å². The van der Waals surface area contributed by atoms with Gasteiger partial charge in [0.1, 0.15) is 0 Å². The van der Waals surface area contributed by atoms with Gasteiger partial charge in [-0.2, -0.15) is 0 Å². The van der Waals surface area contributed by atoms with Crippen LogP contribution < -0.4 is 0 Å². The van der Waals surface area contributed by atoms with Gasteiger partial charge in [-0.15, -0.1) is 0 Å². The van der Waals surface area contributed by atoms with E-state index in [9.17, 15) is 0 Å². The Kier molecular flexibility index (Phi) is 37.5. The monoisotopic (exact) mass is 1270 g/mol. The predicted molar refractivity (Wildman–Crippen MR) is 318 cm³/mol. The molecule has 0 unspecified atom stereocenters. The Labute approximate surface area is 432 Å². The molecule has 0 fully saturated rings. The summed E-state index contributed by atoms with van der Waals surface area (Å²) in [6, 6.07) is 0. The molecule has 0 atom stereocenters. The van der Waals surface area contributed by atoms with Gasteiger partial charge in [0.25, 0.3) is 0 Å². The number of rotatable bonds is 36. The molecule has 1 aliphatic heterocycles.